The minimum Gasteiger partial charge on any atom is -0.453 e. The second kappa shape index (κ2) is 5.43. The van der Waals surface area contributed by atoms with Crippen LogP contribution in [-0.4, -0.2) is 33.3 Å². The second-order valence-electron chi connectivity index (χ2n) is 4.08. The Hall–Kier alpha value is -2.50. The number of carbonyl (C=O) groups excluding carboxylic acids is 2. The molecule has 0 fully saturated rings. The van der Waals surface area contributed by atoms with Crippen LogP contribution in [0.2, 0.25) is 0 Å². The summed E-state index contributed by atoms with van der Waals surface area (Å²) in [6.45, 7) is 3.34. The Morgan fingerprint density at radius 1 is 1.32 bits per heavy atom. The first-order valence-electron chi connectivity index (χ1n) is 5.70. The van der Waals surface area contributed by atoms with Gasteiger partial charge in [0.2, 0.25) is 5.78 Å². The largest absolute Gasteiger partial charge is 0.453 e. The van der Waals surface area contributed by atoms with Crippen molar-refractivity contribution in [2.75, 3.05) is 6.61 Å². The number of ketones is 1. The lowest BCUT2D eigenvalue weighted by Crippen LogP contribution is -2.15. The number of rotatable bonds is 4. The van der Waals surface area contributed by atoms with E-state index in [4.69, 9.17) is 4.74 Å². The average molecular weight is 259 g/mol. The van der Waals surface area contributed by atoms with Gasteiger partial charge in [-0.25, -0.2) is 9.78 Å². The predicted molar refractivity (Wildman–Crippen MR) is 66.9 cm³/mol. The van der Waals surface area contributed by atoms with Crippen molar-refractivity contribution in [2.24, 2.45) is 0 Å². The molecule has 0 aromatic carbocycles. The normalized spacial score (nSPS) is 10.2. The number of aryl methyl sites for hydroxylation is 2. The highest BCUT2D eigenvalue weighted by Crippen LogP contribution is 2.10. The Labute approximate surface area is 109 Å². The minimum atomic E-state index is -0.661. The van der Waals surface area contributed by atoms with Crippen molar-refractivity contribution in [1.29, 1.82) is 0 Å². The van der Waals surface area contributed by atoms with Crippen LogP contribution in [0.4, 0.5) is 0 Å². The van der Waals surface area contributed by atoms with E-state index >= 15 is 0 Å². The fraction of sp³-hybridized carbons (Fsp3) is 0.231. The molecule has 1 N–H and O–H groups in total. The molecule has 0 spiro atoms. The Balaban J connectivity index is 1.98. The molecular formula is C13H13N3O3. The summed E-state index contributed by atoms with van der Waals surface area (Å²) in [5, 5.41) is 0. The molecule has 0 radical (unpaired) electrons. The molecule has 2 aromatic heterocycles. The van der Waals surface area contributed by atoms with Crippen molar-refractivity contribution in [3.8, 4) is 0 Å². The molecule has 0 saturated carbocycles. The van der Waals surface area contributed by atoms with E-state index in [0.29, 0.717) is 5.56 Å². The van der Waals surface area contributed by atoms with Gasteiger partial charge in [-0.3, -0.25) is 9.78 Å². The number of esters is 1. The monoisotopic (exact) mass is 259 g/mol. The zero-order chi connectivity index (χ0) is 13.8. The lowest BCUT2D eigenvalue weighted by Gasteiger charge is -2.02. The van der Waals surface area contributed by atoms with Gasteiger partial charge in [-0.05, 0) is 19.9 Å². The lowest BCUT2D eigenvalue weighted by molar-refractivity contribution is 0.0468. The van der Waals surface area contributed by atoms with Crippen molar-refractivity contribution in [3.05, 3.63) is 47.3 Å². The van der Waals surface area contributed by atoms with Gasteiger partial charge >= 0.3 is 5.97 Å². The number of carbonyl (C=O) groups is 2. The summed E-state index contributed by atoms with van der Waals surface area (Å²) in [6.07, 6.45) is 4.13. The number of aromatic amines is 1. The summed E-state index contributed by atoms with van der Waals surface area (Å²) >= 11 is 0. The van der Waals surface area contributed by atoms with Crippen molar-refractivity contribution in [2.45, 2.75) is 13.8 Å². The number of Topliss-reactive ketones (excluding diaryl/α,β-unsaturated/α-hetero) is 1. The van der Waals surface area contributed by atoms with Crippen molar-refractivity contribution >= 4 is 11.8 Å². The van der Waals surface area contributed by atoms with Gasteiger partial charge in [0.15, 0.2) is 12.3 Å². The predicted octanol–water partition coefficient (Wildman–Crippen LogP) is 1.46. The number of aromatic nitrogens is 3. The van der Waals surface area contributed by atoms with Gasteiger partial charge in [-0.2, -0.15) is 0 Å². The Morgan fingerprint density at radius 2 is 2.11 bits per heavy atom. The van der Waals surface area contributed by atoms with Crippen LogP contribution < -0.4 is 0 Å². The van der Waals surface area contributed by atoms with Crippen LogP contribution in [0, 0.1) is 13.8 Å². The van der Waals surface area contributed by atoms with Crippen LogP contribution >= 0.6 is 0 Å². The molecule has 0 amide bonds. The summed E-state index contributed by atoms with van der Waals surface area (Å²) in [7, 11) is 0. The standard InChI is InChI=1S/C13H13N3O3/c1-8-5-10(9(2)16-8)12(17)7-19-13(18)11-6-14-3-4-15-11/h3-6,16H,7H2,1-2H3. The van der Waals surface area contributed by atoms with Crippen LogP contribution in [-0.2, 0) is 4.74 Å². The molecule has 0 atom stereocenters. The SMILES string of the molecule is Cc1cc(C(=O)COC(=O)c2cnccn2)c(C)[nH]1. The molecule has 0 saturated heterocycles. The Bertz CT molecular complexity index is 605. The molecular weight excluding hydrogens is 246 g/mol. The highest BCUT2D eigenvalue weighted by atomic mass is 16.5. The van der Waals surface area contributed by atoms with Gasteiger partial charge < -0.3 is 9.72 Å². The quantitative estimate of drug-likeness (QED) is 0.663. The molecule has 2 heterocycles. The fourth-order valence-corrected chi connectivity index (χ4v) is 1.70. The van der Waals surface area contributed by atoms with Crippen LogP contribution in [0.5, 0.6) is 0 Å². The highest BCUT2D eigenvalue weighted by molar-refractivity contribution is 6.00. The Morgan fingerprint density at radius 3 is 2.68 bits per heavy atom. The van der Waals surface area contributed by atoms with Crippen molar-refractivity contribution in [3.63, 3.8) is 0 Å². The zero-order valence-electron chi connectivity index (χ0n) is 10.6. The molecule has 2 aromatic rings. The van der Waals surface area contributed by atoms with Crippen LogP contribution in [0.3, 0.4) is 0 Å². The van der Waals surface area contributed by atoms with Crippen LogP contribution in [0.15, 0.2) is 24.7 Å². The summed E-state index contributed by atoms with van der Waals surface area (Å²) < 4.78 is 4.90. The van der Waals surface area contributed by atoms with Gasteiger partial charge in [-0.15, -0.1) is 0 Å². The highest BCUT2D eigenvalue weighted by Gasteiger charge is 2.15. The molecule has 0 aliphatic rings. The number of hydrogen-bond donors (Lipinski definition) is 1. The van der Waals surface area contributed by atoms with E-state index in [1.165, 1.54) is 18.6 Å². The molecule has 98 valence electrons. The molecule has 0 aliphatic carbocycles. The number of hydrogen-bond acceptors (Lipinski definition) is 5. The van der Waals surface area contributed by atoms with Gasteiger partial charge in [0.25, 0.3) is 0 Å². The first kappa shape index (κ1) is 12.9. The zero-order valence-corrected chi connectivity index (χ0v) is 10.6. The van der Waals surface area contributed by atoms with Gasteiger partial charge in [-0.1, -0.05) is 0 Å². The number of nitrogens with one attached hydrogen (secondary N) is 1. The average Bonchev–Trinajstić information content (AvgIpc) is 2.75. The van der Waals surface area contributed by atoms with Crippen LogP contribution in [0.1, 0.15) is 32.2 Å². The number of H-pyrrole nitrogens is 1. The third-order valence-corrected chi connectivity index (χ3v) is 2.56. The van der Waals surface area contributed by atoms with Gasteiger partial charge in [0.1, 0.15) is 0 Å². The molecule has 0 unspecified atom stereocenters. The van der Waals surface area contributed by atoms with Crippen molar-refractivity contribution < 1.29 is 14.3 Å². The Kier molecular flexibility index (Phi) is 3.70. The number of nitrogens with zero attached hydrogens (tertiary/aromatic N) is 2. The summed E-state index contributed by atoms with van der Waals surface area (Å²) in [5.41, 5.74) is 2.26. The molecule has 0 bridgehead atoms. The molecule has 6 nitrogen and oxygen atoms in total. The maximum Gasteiger partial charge on any atom is 0.358 e. The third-order valence-electron chi connectivity index (χ3n) is 2.56. The lowest BCUT2D eigenvalue weighted by atomic mass is 10.2. The van der Waals surface area contributed by atoms with Gasteiger partial charge in [0, 0.05) is 29.3 Å². The molecule has 19 heavy (non-hydrogen) atoms. The van der Waals surface area contributed by atoms with E-state index in [-0.39, 0.29) is 18.1 Å². The first-order chi connectivity index (χ1) is 9.08. The molecule has 0 aliphatic heterocycles. The summed E-state index contributed by atoms with van der Waals surface area (Å²) in [6, 6.07) is 1.73. The summed E-state index contributed by atoms with van der Waals surface area (Å²) in [4.78, 5) is 34.0. The summed E-state index contributed by atoms with van der Waals surface area (Å²) in [5.74, 6) is -0.912. The van der Waals surface area contributed by atoms with E-state index < -0.39 is 5.97 Å². The fourth-order valence-electron chi connectivity index (χ4n) is 1.70. The van der Waals surface area contributed by atoms with E-state index in [0.717, 1.165) is 11.4 Å². The maximum absolute atomic E-state index is 11.9. The third kappa shape index (κ3) is 3.04. The topological polar surface area (TPSA) is 84.9 Å². The van der Waals surface area contributed by atoms with E-state index in [1.54, 1.807) is 13.0 Å². The van der Waals surface area contributed by atoms with E-state index in [1.807, 2.05) is 6.92 Å². The van der Waals surface area contributed by atoms with Crippen molar-refractivity contribution in [1.82, 2.24) is 15.0 Å². The minimum absolute atomic E-state index is 0.0808. The van der Waals surface area contributed by atoms with Gasteiger partial charge in [0.05, 0.1) is 6.20 Å². The molecule has 6 heteroatoms. The maximum atomic E-state index is 11.9. The molecule has 2 rings (SSSR count). The smallest absolute Gasteiger partial charge is 0.358 e. The first-order valence-corrected chi connectivity index (χ1v) is 5.70. The van der Waals surface area contributed by atoms with E-state index in [2.05, 4.69) is 15.0 Å². The number of ether oxygens (including phenoxy) is 1. The second-order valence-corrected chi connectivity index (χ2v) is 4.08. The van der Waals surface area contributed by atoms with E-state index in [9.17, 15) is 9.59 Å². The van der Waals surface area contributed by atoms with Crippen LogP contribution in [0.25, 0.3) is 0 Å².